The number of ether oxygens (including phenoxy) is 1. The Kier molecular flexibility index (Phi) is 15.6. The van der Waals surface area contributed by atoms with Crippen LogP contribution < -0.4 is 4.46 Å². The first-order chi connectivity index (χ1) is 13.7. The molecule has 0 radical (unpaired) electrons. The van der Waals surface area contributed by atoms with E-state index in [-0.39, 0.29) is 20.9 Å². The second-order valence-electron chi connectivity index (χ2n) is 7.15. The molecule has 0 saturated heterocycles. The number of carbonyl (C=O) groups excluding carboxylic acids is 2. The van der Waals surface area contributed by atoms with Gasteiger partial charge in [-0.25, -0.2) is 4.79 Å². The maximum absolute atomic E-state index is 12.0. The van der Waals surface area contributed by atoms with E-state index >= 15 is 0 Å². The molecule has 1 rings (SSSR count). The molecule has 0 spiro atoms. The molecule has 1 aromatic rings. The van der Waals surface area contributed by atoms with Crippen LogP contribution in [-0.2, 0) is 14.3 Å². The molecule has 0 unspecified atom stereocenters. The SMILES string of the molecule is C=CC(=O)OCCCCCCCCCCCCCCC(=O)[Se]c1ccccc1. The van der Waals surface area contributed by atoms with Crippen LogP contribution in [0.4, 0.5) is 0 Å². The first kappa shape index (κ1) is 24.7. The van der Waals surface area contributed by atoms with Crippen molar-refractivity contribution in [1.82, 2.24) is 0 Å². The molecule has 0 aliphatic heterocycles. The summed E-state index contributed by atoms with van der Waals surface area (Å²) in [6, 6.07) is 10.1. The molecule has 0 atom stereocenters. The van der Waals surface area contributed by atoms with Gasteiger partial charge >= 0.3 is 136 Å². The van der Waals surface area contributed by atoms with E-state index in [0.29, 0.717) is 11.3 Å². The second-order valence-corrected chi connectivity index (χ2v) is 9.52. The fourth-order valence-corrected chi connectivity index (χ4v) is 4.73. The van der Waals surface area contributed by atoms with E-state index in [1.807, 2.05) is 18.2 Å². The van der Waals surface area contributed by atoms with Crippen molar-refractivity contribution < 1.29 is 14.3 Å². The van der Waals surface area contributed by atoms with Gasteiger partial charge in [-0.15, -0.1) is 0 Å². The van der Waals surface area contributed by atoms with Crippen LogP contribution in [-0.4, -0.2) is 32.2 Å². The topological polar surface area (TPSA) is 43.4 Å². The Morgan fingerprint density at radius 3 is 1.82 bits per heavy atom. The summed E-state index contributed by atoms with van der Waals surface area (Å²) >= 11 is -0.00268. The van der Waals surface area contributed by atoms with E-state index in [9.17, 15) is 9.59 Å². The number of benzene rings is 1. The van der Waals surface area contributed by atoms with Crippen molar-refractivity contribution >= 4 is 30.1 Å². The zero-order valence-corrected chi connectivity index (χ0v) is 18.9. The van der Waals surface area contributed by atoms with Gasteiger partial charge in [0, 0.05) is 6.08 Å². The molecule has 156 valence electrons. The van der Waals surface area contributed by atoms with E-state index in [0.717, 1.165) is 25.7 Å². The zero-order chi connectivity index (χ0) is 20.3. The number of hydrogen-bond donors (Lipinski definition) is 0. The van der Waals surface area contributed by atoms with Crippen molar-refractivity contribution in [1.29, 1.82) is 0 Å². The predicted molar refractivity (Wildman–Crippen MR) is 118 cm³/mol. The molecule has 0 bridgehead atoms. The standard InChI is InChI=1S/C24H36O3Se/c1-2-23(25)27-21-17-12-10-8-6-4-3-5-7-9-11-16-20-24(26)28-22-18-14-13-15-19-22/h2,13-15,18-19H,1,3-12,16-17,20-21H2. The Morgan fingerprint density at radius 1 is 0.786 bits per heavy atom. The van der Waals surface area contributed by atoms with Gasteiger partial charge in [-0.05, 0) is 6.42 Å². The minimum absolute atomic E-state index is 0.00268. The van der Waals surface area contributed by atoms with Crippen molar-refractivity contribution in [2.24, 2.45) is 0 Å². The third-order valence-electron chi connectivity index (χ3n) is 4.66. The summed E-state index contributed by atoms with van der Waals surface area (Å²) in [5.74, 6) is -0.320. The summed E-state index contributed by atoms with van der Waals surface area (Å²) in [5, 5.41) is 0. The molecule has 0 saturated carbocycles. The summed E-state index contributed by atoms with van der Waals surface area (Å²) in [4.78, 5) is 22.8. The average Bonchev–Trinajstić information content (AvgIpc) is 2.71. The molecule has 0 aliphatic rings. The fraction of sp³-hybridized carbons (Fsp3) is 0.583. The van der Waals surface area contributed by atoms with Crippen LogP contribution in [0.2, 0.25) is 0 Å². The van der Waals surface area contributed by atoms with Crippen molar-refractivity contribution in [3.8, 4) is 0 Å². The van der Waals surface area contributed by atoms with Gasteiger partial charge in [-0.2, -0.15) is 0 Å². The molecule has 0 fully saturated rings. The minimum atomic E-state index is -0.320. The van der Waals surface area contributed by atoms with Crippen molar-refractivity contribution in [3.63, 3.8) is 0 Å². The molecule has 0 N–H and O–H groups in total. The van der Waals surface area contributed by atoms with Gasteiger partial charge in [0.1, 0.15) is 0 Å². The molecular formula is C24H36O3Se. The van der Waals surface area contributed by atoms with E-state index in [4.69, 9.17) is 4.74 Å². The average molecular weight is 452 g/mol. The molecular weight excluding hydrogens is 415 g/mol. The van der Waals surface area contributed by atoms with Gasteiger partial charge in [0.2, 0.25) is 0 Å². The number of unbranched alkanes of at least 4 members (excludes halogenated alkanes) is 11. The monoisotopic (exact) mass is 452 g/mol. The first-order valence-electron chi connectivity index (χ1n) is 10.8. The normalized spacial score (nSPS) is 10.6. The Morgan fingerprint density at radius 2 is 1.29 bits per heavy atom. The molecule has 4 heteroatoms. The van der Waals surface area contributed by atoms with Gasteiger partial charge in [0.25, 0.3) is 0 Å². The van der Waals surface area contributed by atoms with E-state index in [2.05, 4.69) is 18.7 Å². The number of esters is 1. The summed E-state index contributed by atoms with van der Waals surface area (Å²) in [5.41, 5.74) is 0. The third kappa shape index (κ3) is 14.6. The van der Waals surface area contributed by atoms with Crippen LogP contribution in [0.3, 0.4) is 0 Å². The molecule has 0 heterocycles. The van der Waals surface area contributed by atoms with E-state index in [1.54, 1.807) is 0 Å². The molecule has 28 heavy (non-hydrogen) atoms. The quantitative estimate of drug-likeness (QED) is 0.131. The molecule has 0 aliphatic carbocycles. The number of hydrogen-bond acceptors (Lipinski definition) is 3. The molecule has 0 amide bonds. The predicted octanol–water partition coefficient (Wildman–Crippen LogP) is 5.34. The summed E-state index contributed by atoms with van der Waals surface area (Å²) in [6.45, 7) is 3.90. The Labute approximate surface area is 177 Å². The van der Waals surface area contributed by atoms with Crippen molar-refractivity contribution in [2.45, 2.75) is 83.5 Å². The van der Waals surface area contributed by atoms with Gasteiger partial charge in [-0.1, -0.05) is 13.0 Å². The number of carbonyl (C=O) groups is 2. The van der Waals surface area contributed by atoms with Crippen LogP contribution in [0.1, 0.15) is 83.5 Å². The van der Waals surface area contributed by atoms with Gasteiger partial charge < -0.3 is 4.74 Å². The molecule has 0 aromatic heterocycles. The van der Waals surface area contributed by atoms with Gasteiger partial charge in [0.15, 0.2) is 0 Å². The van der Waals surface area contributed by atoms with Crippen molar-refractivity contribution in [2.75, 3.05) is 6.61 Å². The second kappa shape index (κ2) is 17.7. The van der Waals surface area contributed by atoms with Crippen molar-refractivity contribution in [3.05, 3.63) is 43.0 Å². The maximum atomic E-state index is 12.0. The Hall–Kier alpha value is -1.38. The summed E-state index contributed by atoms with van der Waals surface area (Å²) in [7, 11) is 0. The van der Waals surface area contributed by atoms with Crippen LogP contribution in [0, 0.1) is 0 Å². The molecule has 1 aromatic carbocycles. The summed E-state index contributed by atoms with van der Waals surface area (Å²) in [6.07, 6.45) is 16.6. The van der Waals surface area contributed by atoms with Crippen LogP contribution in [0.15, 0.2) is 43.0 Å². The summed E-state index contributed by atoms with van der Waals surface area (Å²) < 4.78 is 6.58. The fourth-order valence-electron chi connectivity index (χ4n) is 3.04. The van der Waals surface area contributed by atoms with Gasteiger partial charge in [0.05, 0.1) is 6.61 Å². The van der Waals surface area contributed by atoms with Crippen LogP contribution >= 0.6 is 0 Å². The van der Waals surface area contributed by atoms with E-state index < -0.39 is 0 Å². The van der Waals surface area contributed by atoms with Crippen LogP contribution in [0.25, 0.3) is 0 Å². The number of rotatable bonds is 18. The Balaban J connectivity index is 1.78. The van der Waals surface area contributed by atoms with E-state index in [1.165, 1.54) is 68.3 Å². The zero-order valence-electron chi connectivity index (χ0n) is 17.2. The Bertz CT molecular complexity index is 542. The van der Waals surface area contributed by atoms with Gasteiger partial charge in [-0.3, -0.25) is 0 Å². The third-order valence-corrected chi connectivity index (χ3v) is 6.63. The first-order valence-corrected chi connectivity index (χ1v) is 12.5. The van der Waals surface area contributed by atoms with Crippen LogP contribution in [0.5, 0.6) is 0 Å². The molecule has 3 nitrogen and oxygen atoms in total.